The van der Waals surface area contributed by atoms with Gasteiger partial charge >= 0.3 is 0 Å². The summed E-state index contributed by atoms with van der Waals surface area (Å²) in [5.41, 5.74) is 6.75. The number of nitrogens with zero attached hydrogens (tertiary/aromatic N) is 3. The fourth-order valence-electron chi connectivity index (χ4n) is 4.94. The predicted molar refractivity (Wildman–Crippen MR) is 155 cm³/mol. The van der Waals surface area contributed by atoms with Gasteiger partial charge in [0, 0.05) is 50.1 Å². The maximum absolute atomic E-state index is 9.43. The minimum Gasteiger partial charge on any atom is -0.395 e. The molecule has 0 spiro atoms. The minimum absolute atomic E-state index is 0.129. The van der Waals surface area contributed by atoms with E-state index in [4.69, 9.17) is 0 Å². The summed E-state index contributed by atoms with van der Waals surface area (Å²) in [6, 6.07) is 17.3. The van der Waals surface area contributed by atoms with E-state index in [0.717, 1.165) is 53.3 Å². The van der Waals surface area contributed by atoms with Crippen LogP contribution in [0.2, 0.25) is 0 Å². The fraction of sp³-hybridized carbons (Fsp3) is 0.419. The lowest BCUT2D eigenvalue weighted by molar-refractivity contribution is 0.193. The Morgan fingerprint density at radius 1 is 0.622 bits per heavy atom. The zero-order chi connectivity index (χ0) is 26.6. The Morgan fingerprint density at radius 3 is 1.41 bits per heavy atom. The van der Waals surface area contributed by atoms with Gasteiger partial charge in [-0.15, -0.1) is 0 Å². The molecule has 2 aromatic rings. The van der Waals surface area contributed by atoms with E-state index in [1.165, 1.54) is 0 Å². The molecule has 0 amide bonds. The lowest BCUT2D eigenvalue weighted by Gasteiger charge is -2.27. The average molecular weight is 506 g/mol. The SMILES string of the molecule is CCN(CCO)c1ccc(C(=C2C=CC(N(CC)CCO)C=C2)c2ccc(N(CC)CCO)cc2)cc1. The van der Waals surface area contributed by atoms with Crippen LogP contribution in [0.5, 0.6) is 0 Å². The van der Waals surface area contributed by atoms with E-state index in [0.29, 0.717) is 19.6 Å². The normalized spacial score (nSPS) is 14.9. The third kappa shape index (κ3) is 7.33. The molecule has 200 valence electrons. The number of hydrogen-bond donors (Lipinski definition) is 3. The molecule has 0 bridgehead atoms. The highest BCUT2D eigenvalue weighted by Gasteiger charge is 2.17. The lowest BCUT2D eigenvalue weighted by atomic mass is 9.90. The molecule has 1 aliphatic carbocycles. The van der Waals surface area contributed by atoms with E-state index in [2.05, 4.69) is 108 Å². The Morgan fingerprint density at radius 2 is 1.05 bits per heavy atom. The quantitative estimate of drug-likeness (QED) is 0.361. The number of hydrogen-bond acceptors (Lipinski definition) is 6. The smallest absolute Gasteiger partial charge is 0.0606 e. The summed E-state index contributed by atoms with van der Waals surface area (Å²) in [5.74, 6) is 0. The number of aliphatic hydroxyl groups excluding tert-OH is 3. The molecule has 0 saturated carbocycles. The molecule has 2 aromatic carbocycles. The van der Waals surface area contributed by atoms with Crippen molar-refractivity contribution in [2.45, 2.75) is 26.8 Å². The Bertz CT molecular complexity index is 969. The van der Waals surface area contributed by atoms with Crippen molar-refractivity contribution in [3.05, 3.63) is 89.5 Å². The molecular weight excluding hydrogens is 462 g/mol. The highest BCUT2D eigenvalue weighted by molar-refractivity contribution is 5.86. The van der Waals surface area contributed by atoms with E-state index < -0.39 is 0 Å². The van der Waals surface area contributed by atoms with Crippen LogP contribution in [0.3, 0.4) is 0 Å². The van der Waals surface area contributed by atoms with Gasteiger partial charge in [0.25, 0.3) is 0 Å². The summed E-state index contributed by atoms with van der Waals surface area (Å²) in [4.78, 5) is 6.57. The van der Waals surface area contributed by atoms with E-state index in [1.807, 2.05) is 0 Å². The minimum atomic E-state index is 0.129. The molecule has 0 radical (unpaired) electrons. The molecule has 6 nitrogen and oxygen atoms in total. The Hall–Kier alpha value is -2.90. The van der Waals surface area contributed by atoms with Crippen LogP contribution in [0.15, 0.2) is 78.4 Å². The molecule has 1 aliphatic rings. The Labute approximate surface area is 222 Å². The van der Waals surface area contributed by atoms with Gasteiger partial charge in [0.1, 0.15) is 0 Å². The van der Waals surface area contributed by atoms with Gasteiger partial charge in [0.05, 0.1) is 19.8 Å². The van der Waals surface area contributed by atoms with Crippen molar-refractivity contribution in [2.24, 2.45) is 0 Å². The van der Waals surface area contributed by atoms with Crippen molar-refractivity contribution in [3.63, 3.8) is 0 Å². The fourth-order valence-corrected chi connectivity index (χ4v) is 4.94. The first-order chi connectivity index (χ1) is 18.1. The lowest BCUT2D eigenvalue weighted by Crippen LogP contribution is -2.35. The summed E-state index contributed by atoms with van der Waals surface area (Å²) in [6.45, 7) is 11.1. The molecule has 0 atom stereocenters. The van der Waals surface area contributed by atoms with Gasteiger partial charge in [-0.25, -0.2) is 0 Å². The van der Waals surface area contributed by atoms with Crippen molar-refractivity contribution in [1.29, 1.82) is 0 Å². The number of likely N-dealkylation sites (N-methyl/N-ethyl adjacent to an activating group) is 3. The number of rotatable bonds is 14. The number of aliphatic hydroxyl groups is 3. The zero-order valence-electron chi connectivity index (χ0n) is 22.6. The van der Waals surface area contributed by atoms with Gasteiger partial charge in [0.2, 0.25) is 0 Å². The van der Waals surface area contributed by atoms with Crippen molar-refractivity contribution in [1.82, 2.24) is 4.90 Å². The number of benzene rings is 2. The van der Waals surface area contributed by atoms with E-state index in [9.17, 15) is 15.3 Å². The van der Waals surface area contributed by atoms with Gasteiger partial charge < -0.3 is 25.1 Å². The molecule has 0 aliphatic heterocycles. The van der Waals surface area contributed by atoms with Crippen LogP contribution >= 0.6 is 0 Å². The maximum atomic E-state index is 9.43. The third-order valence-corrected chi connectivity index (χ3v) is 7.00. The van der Waals surface area contributed by atoms with Crippen molar-refractivity contribution in [3.8, 4) is 0 Å². The molecule has 0 saturated heterocycles. The van der Waals surface area contributed by atoms with Crippen molar-refractivity contribution >= 4 is 16.9 Å². The van der Waals surface area contributed by atoms with Crippen LogP contribution in [0.1, 0.15) is 31.9 Å². The molecule has 3 N–H and O–H groups in total. The molecule has 0 fully saturated rings. The van der Waals surface area contributed by atoms with E-state index in [-0.39, 0.29) is 25.9 Å². The van der Waals surface area contributed by atoms with Gasteiger partial charge in [0.15, 0.2) is 0 Å². The Balaban J connectivity index is 2.01. The van der Waals surface area contributed by atoms with Crippen LogP contribution in [-0.4, -0.2) is 85.4 Å². The predicted octanol–water partition coefficient (Wildman–Crippen LogP) is 3.93. The van der Waals surface area contributed by atoms with Gasteiger partial charge in [-0.3, -0.25) is 4.90 Å². The topological polar surface area (TPSA) is 70.4 Å². The van der Waals surface area contributed by atoms with Gasteiger partial charge in [-0.05, 0) is 66.9 Å². The second kappa shape index (κ2) is 14.7. The highest BCUT2D eigenvalue weighted by Crippen LogP contribution is 2.32. The standard InChI is InChI=1S/C31H43N3O3/c1-4-32(19-22-35)28-13-7-25(8-14-28)31(26-9-15-29(16-10-26)33(5-2)20-23-36)27-11-17-30(18-12-27)34(6-3)21-24-37/h7-18,28,35-37H,4-6,19-24H2,1-3H3. The first-order valence-corrected chi connectivity index (χ1v) is 13.5. The zero-order valence-corrected chi connectivity index (χ0v) is 22.6. The third-order valence-electron chi connectivity index (χ3n) is 7.00. The molecule has 3 rings (SSSR count). The first-order valence-electron chi connectivity index (χ1n) is 13.5. The molecule has 0 heterocycles. The summed E-state index contributed by atoms with van der Waals surface area (Å²) in [5, 5.41) is 28.3. The molecule has 6 heteroatoms. The summed E-state index contributed by atoms with van der Waals surface area (Å²) >= 11 is 0. The summed E-state index contributed by atoms with van der Waals surface area (Å²) in [6.07, 6.45) is 8.79. The summed E-state index contributed by atoms with van der Waals surface area (Å²) in [7, 11) is 0. The van der Waals surface area contributed by atoms with Gasteiger partial charge in [-0.1, -0.05) is 55.5 Å². The van der Waals surface area contributed by atoms with Crippen LogP contribution in [-0.2, 0) is 0 Å². The average Bonchev–Trinajstić information content (AvgIpc) is 2.95. The van der Waals surface area contributed by atoms with E-state index >= 15 is 0 Å². The molecule has 0 aromatic heterocycles. The van der Waals surface area contributed by atoms with Crippen molar-refractivity contribution in [2.75, 3.05) is 68.9 Å². The molecule has 37 heavy (non-hydrogen) atoms. The Kier molecular flexibility index (Phi) is 11.4. The largest absolute Gasteiger partial charge is 0.395 e. The second-order valence-electron chi connectivity index (χ2n) is 9.09. The highest BCUT2D eigenvalue weighted by atomic mass is 16.3. The maximum Gasteiger partial charge on any atom is 0.0606 e. The van der Waals surface area contributed by atoms with Gasteiger partial charge in [-0.2, -0.15) is 0 Å². The first kappa shape index (κ1) is 28.7. The van der Waals surface area contributed by atoms with Crippen LogP contribution in [0.4, 0.5) is 11.4 Å². The summed E-state index contributed by atoms with van der Waals surface area (Å²) < 4.78 is 0. The monoisotopic (exact) mass is 505 g/mol. The molecule has 0 unspecified atom stereocenters. The van der Waals surface area contributed by atoms with Crippen LogP contribution in [0, 0.1) is 0 Å². The number of allylic oxidation sites excluding steroid dienone is 3. The van der Waals surface area contributed by atoms with Crippen LogP contribution in [0.25, 0.3) is 5.57 Å². The molecular formula is C31H43N3O3. The second-order valence-corrected chi connectivity index (χ2v) is 9.09. The number of anilines is 2. The van der Waals surface area contributed by atoms with Crippen LogP contribution < -0.4 is 9.80 Å². The van der Waals surface area contributed by atoms with Crippen molar-refractivity contribution < 1.29 is 15.3 Å². The van der Waals surface area contributed by atoms with E-state index in [1.54, 1.807) is 0 Å².